The summed E-state index contributed by atoms with van der Waals surface area (Å²) < 4.78 is 22.3. The van der Waals surface area contributed by atoms with Gasteiger partial charge in [-0.1, -0.05) is 24.3 Å². The number of H-pyrrole nitrogens is 4. The summed E-state index contributed by atoms with van der Waals surface area (Å²) in [5, 5.41) is 40.7. The van der Waals surface area contributed by atoms with Crippen molar-refractivity contribution < 1.29 is 39.4 Å². The number of aromatic nitrogens is 4. The minimum atomic E-state index is 0.0274. The summed E-state index contributed by atoms with van der Waals surface area (Å²) in [5.41, 5.74) is 12.6. The van der Waals surface area contributed by atoms with Crippen molar-refractivity contribution in [2.24, 2.45) is 0 Å². The molecule has 0 saturated heterocycles. The fraction of sp³-hybridized carbons (Fsp3) is 0.400. The van der Waals surface area contributed by atoms with E-state index < -0.39 is 0 Å². The van der Waals surface area contributed by atoms with E-state index >= 15 is 0 Å². The van der Waals surface area contributed by atoms with E-state index in [0.29, 0.717) is 52.9 Å². The minimum absolute atomic E-state index is 0.0274. The molecule has 0 unspecified atom stereocenters. The summed E-state index contributed by atoms with van der Waals surface area (Å²) in [5.74, 6) is 0. The molecule has 0 aromatic carbocycles. The van der Waals surface area contributed by atoms with E-state index in [1.54, 1.807) is 0 Å². The summed E-state index contributed by atoms with van der Waals surface area (Å²) in [4.78, 5) is 25.0. The molecule has 0 amide bonds. The molecule has 0 spiro atoms. The zero-order chi connectivity index (χ0) is 52.3. The van der Waals surface area contributed by atoms with Gasteiger partial charge in [-0.3, -0.25) is 0 Å². The second kappa shape index (κ2) is 28.0. The van der Waals surface area contributed by atoms with Gasteiger partial charge in [-0.2, -0.15) is 0 Å². The fourth-order valence-electron chi connectivity index (χ4n) is 10.2. The van der Waals surface area contributed by atoms with Crippen LogP contribution in [0.1, 0.15) is 48.5 Å². The maximum absolute atomic E-state index is 9.18. The van der Waals surface area contributed by atoms with Crippen LogP contribution in [0.5, 0.6) is 0 Å². The van der Waals surface area contributed by atoms with Crippen LogP contribution in [0.3, 0.4) is 0 Å². The van der Waals surface area contributed by atoms with E-state index in [0.717, 1.165) is 167 Å². The number of aromatic amines is 4. The third-order valence-electron chi connectivity index (χ3n) is 14.0. The zero-order valence-corrected chi connectivity index (χ0v) is 43.7. The van der Waals surface area contributed by atoms with E-state index in [2.05, 4.69) is 161 Å². The second-order valence-corrected chi connectivity index (χ2v) is 19.3. The number of ether oxygens (including phenoxy) is 4. The molecule has 5 aliphatic heterocycles. The van der Waals surface area contributed by atoms with E-state index in [4.69, 9.17) is 18.9 Å². The van der Waals surface area contributed by atoms with Gasteiger partial charge in [-0.05, 0) is 146 Å². The Hall–Kier alpha value is -6.60. The smallest absolute Gasteiger partial charge is 0.0697 e. The summed E-state index contributed by atoms with van der Waals surface area (Å²) in [6.07, 6.45) is 30.2. The van der Waals surface area contributed by atoms with Crippen LogP contribution in [0.15, 0.2) is 144 Å². The number of aliphatic hydroxyl groups excluding tert-OH is 4. The Morgan fingerprint density at radius 3 is 0.789 bits per heavy atom. The highest BCUT2D eigenvalue weighted by Crippen LogP contribution is 2.31. The molecule has 0 aliphatic carbocycles. The van der Waals surface area contributed by atoms with Gasteiger partial charge < -0.3 is 78.9 Å². The Bertz CT molecular complexity index is 2670. The van der Waals surface area contributed by atoms with Crippen LogP contribution in [0.4, 0.5) is 0 Å². The SMILES string of the molecule is OCCOCCCN1C=CC(C2=c3ccc([nH]3)=C(C3=CCN(CCCOCCO)C=C3)c3ccc([nH]3)C(C3=CCN(CCCOCCO)C=C3)=c3ccc([nH]3)=C(C3=CCN(CCCOCCO)C=C3)c3ccc2[nH]3)=CC1. The molecule has 8 N–H and O–H groups in total. The molecular weight excluding hydrogens is 961 g/mol. The molecule has 404 valence electrons. The number of nitrogens with one attached hydrogen (secondary N) is 4. The van der Waals surface area contributed by atoms with Crippen molar-refractivity contribution in [2.75, 3.05) is 132 Å². The molecule has 16 heteroatoms. The van der Waals surface area contributed by atoms with Crippen molar-refractivity contribution >= 4 is 22.3 Å². The summed E-state index contributed by atoms with van der Waals surface area (Å²) in [6, 6.07) is 17.6. The average Bonchev–Trinajstić information content (AvgIpc) is 4.31. The molecule has 0 fully saturated rings. The fourth-order valence-corrected chi connectivity index (χ4v) is 10.2. The van der Waals surface area contributed by atoms with Crippen LogP contribution >= 0.6 is 0 Å². The predicted octanol–water partition coefficient (Wildman–Crippen LogP) is 2.73. The highest BCUT2D eigenvalue weighted by atomic mass is 16.5. The minimum Gasteiger partial charge on any atom is -0.394 e. The number of aliphatic hydroxyl groups is 4. The first-order valence-electron chi connectivity index (χ1n) is 27.1. The molecule has 9 heterocycles. The van der Waals surface area contributed by atoms with Crippen LogP contribution in [-0.4, -0.2) is 192 Å². The molecule has 0 saturated carbocycles. The standard InChI is InChI=1S/C60H76N8O8/c69-33-41-73-37-1-21-65-25-13-45(14-26-65)57-49-5-7-51(61-49)58(46-15-27-66(28-16-46)22-2-38-74-42-34-70)53-9-11-55(63-53)60(48-19-31-68(32-20-48)24-4-40-76-44-36-72)56-12-10-54(64-56)59(52-8-6-50(57)62-52)47-17-29-67(30-18-47)23-3-39-75-43-35-71/h5-20,25,27,29,31,61-64,69-72H,1-4,21-24,26,28,30,32-44H2. The van der Waals surface area contributed by atoms with E-state index in [9.17, 15) is 20.4 Å². The Labute approximate surface area is 445 Å². The first-order chi connectivity index (χ1) is 37.5. The average molecular weight is 1040 g/mol. The molecular formula is C60H76N8O8. The number of allylic oxidation sites excluding steroid dienone is 8. The highest BCUT2D eigenvalue weighted by molar-refractivity contribution is 5.87. The Morgan fingerprint density at radius 1 is 0.329 bits per heavy atom. The Morgan fingerprint density at radius 2 is 0.579 bits per heavy atom. The van der Waals surface area contributed by atoms with Gasteiger partial charge in [-0.25, -0.2) is 0 Å². The lowest BCUT2D eigenvalue weighted by Gasteiger charge is -2.24. The van der Waals surface area contributed by atoms with Crippen molar-refractivity contribution in [2.45, 2.75) is 25.7 Å². The lowest BCUT2D eigenvalue weighted by atomic mass is 10.00. The predicted molar refractivity (Wildman–Crippen MR) is 297 cm³/mol. The first kappa shape index (κ1) is 54.2. The number of hydrogen-bond acceptors (Lipinski definition) is 12. The molecule has 4 aromatic heterocycles. The zero-order valence-electron chi connectivity index (χ0n) is 43.7. The molecule has 16 nitrogen and oxygen atoms in total. The lowest BCUT2D eigenvalue weighted by Crippen LogP contribution is -2.25. The van der Waals surface area contributed by atoms with Gasteiger partial charge in [0.1, 0.15) is 0 Å². The molecule has 5 aliphatic rings. The Kier molecular flexibility index (Phi) is 19.9. The lowest BCUT2D eigenvalue weighted by molar-refractivity contribution is 0.0875. The van der Waals surface area contributed by atoms with Crippen molar-refractivity contribution in [3.05, 3.63) is 188 Å². The topological polar surface area (TPSA) is 194 Å². The van der Waals surface area contributed by atoms with Crippen molar-refractivity contribution in [3.63, 3.8) is 0 Å². The van der Waals surface area contributed by atoms with E-state index in [-0.39, 0.29) is 26.4 Å². The van der Waals surface area contributed by atoms with Crippen LogP contribution in [0, 0.1) is 0 Å². The van der Waals surface area contributed by atoms with E-state index in [1.165, 1.54) is 0 Å². The number of nitrogens with zero attached hydrogens (tertiary/aromatic N) is 4. The molecule has 0 radical (unpaired) electrons. The number of rotatable bonds is 28. The van der Waals surface area contributed by atoms with Gasteiger partial charge in [0.05, 0.1) is 52.9 Å². The van der Waals surface area contributed by atoms with Crippen molar-refractivity contribution in [3.8, 4) is 0 Å². The summed E-state index contributed by atoms with van der Waals surface area (Å²) in [6.45, 7) is 10.3. The first-order valence-corrected chi connectivity index (χ1v) is 27.1. The Balaban J connectivity index is 1.16. The number of hydrogen-bond donors (Lipinski definition) is 8. The summed E-state index contributed by atoms with van der Waals surface area (Å²) in [7, 11) is 0. The monoisotopic (exact) mass is 1040 g/mol. The molecule has 0 atom stereocenters. The van der Waals surface area contributed by atoms with Gasteiger partial charge in [0, 0.05) is 145 Å². The maximum Gasteiger partial charge on any atom is 0.0697 e. The summed E-state index contributed by atoms with van der Waals surface area (Å²) >= 11 is 0. The molecule has 9 rings (SSSR count). The highest BCUT2D eigenvalue weighted by Gasteiger charge is 2.22. The van der Waals surface area contributed by atoms with Crippen LogP contribution in [0.2, 0.25) is 0 Å². The maximum atomic E-state index is 9.18. The van der Waals surface area contributed by atoms with Gasteiger partial charge in [0.25, 0.3) is 0 Å². The normalized spacial score (nSPS) is 16.6. The second-order valence-electron chi connectivity index (χ2n) is 19.3. The quantitative estimate of drug-likeness (QED) is 0.0389. The van der Waals surface area contributed by atoms with Crippen LogP contribution in [-0.2, 0) is 18.9 Å². The van der Waals surface area contributed by atoms with Gasteiger partial charge >= 0.3 is 0 Å². The molecule has 8 bridgehead atoms. The third kappa shape index (κ3) is 14.1. The van der Waals surface area contributed by atoms with Crippen LogP contribution < -0.4 is 21.4 Å². The van der Waals surface area contributed by atoms with Crippen molar-refractivity contribution in [1.82, 2.24) is 39.5 Å². The van der Waals surface area contributed by atoms with Gasteiger partial charge in [-0.15, -0.1) is 0 Å². The van der Waals surface area contributed by atoms with Crippen LogP contribution in [0.25, 0.3) is 22.3 Å². The van der Waals surface area contributed by atoms with Gasteiger partial charge in [0.15, 0.2) is 0 Å². The van der Waals surface area contributed by atoms with E-state index in [1.807, 2.05) is 0 Å². The molecule has 76 heavy (non-hydrogen) atoms. The number of fused-ring (bicyclic) bond motifs is 8. The van der Waals surface area contributed by atoms with Crippen molar-refractivity contribution in [1.29, 1.82) is 0 Å². The largest absolute Gasteiger partial charge is 0.394 e. The van der Waals surface area contributed by atoms with Gasteiger partial charge in [0.2, 0.25) is 0 Å². The third-order valence-corrected chi connectivity index (χ3v) is 14.0. The molecule has 4 aromatic rings.